The van der Waals surface area contributed by atoms with E-state index in [0.717, 1.165) is 24.3 Å². The minimum Gasteiger partial charge on any atom is -0.383 e. The number of fused-ring (bicyclic) bond motifs is 1. The van der Waals surface area contributed by atoms with Crippen LogP contribution in [0.3, 0.4) is 0 Å². The van der Waals surface area contributed by atoms with Gasteiger partial charge in [0.15, 0.2) is 0 Å². The fraction of sp³-hybridized carbons (Fsp3) is 0.250. The van der Waals surface area contributed by atoms with Gasteiger partial charge in [-0.1, -0.05) is 24.8 Å². The first-order valence-electron chi connectivity index (χ1n) is 5.04. The summed E-state index contributed by atoms with van der Waals surface area (Å²) in [5.74, 6) is -0.00602. The predicted molar refractivity (Wildman–Crippen MR) is 60.5 cm³/mol. The van der Waals surface area contributed by atoms with Crippen molar-refractivity contribution >= 4 is 11.6 Å². The summed E-state index contributed by atoms with van der Waals surface area (Å²) in [5, 5.41) is 3.31. The lowest BCUT2D eigenvalue weighted by atomic mass is 10.2. The van der Waals surface area contributed by atoms with Gasteiger partial charge >= 0.3 is 0 Å². The molecule has 0 fully saturated rings. The Hall–Kier alpha value is -1.77. The number of benzene rings is 1. The van der Waals surface area contributed by atoms with E-state index in [9.17, 15) is 4.79 Å². The maximum Gasteiger partial charge on any atom is 0.246 e. The molecule has 0 atom stereocenters. The second-order valence-corrected chi connectivity index (χ2v) is 3.55. The molecular formula is C12H14N2O. The number of hydrogen-bond donors (Lipinski definition) is 1. The molecule has 1 aliphatic rings. The standard InChI is InChI=1S/C12H14N2O/c1-2-12(15)14-8-7-13-11-6-4-3-5-10(11)9-14/h2-6,13H,1,7-9H2. The van der Waals surface area contributed by atoms with Crippen LogP contribution in [-0.2, 0) is 11.3 Å². The van der Waals surface area contributed by atoms with Crippen LogP contribution in [0.25, 0.3) is 0 Å². The molecule has 78 valence electrons. The molecular weight excluding hydrogens is 188 g/mol. The second-order valence-electron chi connectivity index (χ2n) is 3.55. The van der Waals surface area contributed by atoms with Gasteiger partial charge in [-0.15, -0.1) is 0 Å². The van der Waals surface area contributed by atoms with Gasteiger partial charge in [-0.2, -0.15) is 0 Å². The molecule has 0 aliphatic carbocycles. The Kier molecular flexibility index (Phi) is 2.72. The van der Waals surface area contributed by atoms with Gasteiger partial charge in [-0.05, 0) is 17.7 Å². The Labute approximate surface area is 89.4 Å². The van der Waals surface area contributed by atoms with Crippen LogP contribution in [0.2, 0.25) is 0 Å². The van der Waals surface area contributed by atoms with Crippen LogP contribution in [0.5, 0.6) is 0 Å². The van der Waals surface area contributed by atoms with Crippen LogP contribution >= 0.6 is 0 Å². The Balaban J connectivity index is 2.24. The number of anilines is 1. The summed E-state index contributed by atoms with van der Waals surface area (Å²) in [6.45, 7) is 5.68. The summed E-state index contributed by atoms with van der Waals surface area (Å²) in [7, 11) is 0. The molecule has 1 heterocycles. The smallest absolute Gasteiger partial charge is 0.246 e. The lowest BCUT2D eigenvalue weighted by molar-refractivity contribution is -0.126. The van der Waals surface area contributed by atoms with Crippen molar-refractivity contribution in [1.29, 1.82) is 0 Å². The fourth-order valence-electron chi connectivity index (χ4n) is 1.76. The molecule has 3 nitrogen and oxygen atoms in total. The molecule has 1 amide bonds. The summed E-state index contributed by atoms with van der Waals surface area (Å²) in [4.78, 5) is 13.3. The molecule has 0 saturated heterocycles. The zero-order chi connectivity index (χ0) is 10.7. The van der Waals surface area contributed by atoms with Gasteiger partial charge < -0.3 is 10.2 Å². The molecule has 0 bridgehead atoms. The lowest BCUT2D eigenvalue weighted by Crippen LogP contribution is -2.31. The Bertz CT molecular complexity index is 387. The van der Waals surface area contributed by atoms with Crippen molar-refractivity contribution in [1.82, 2.24) is 4.90 Å². The summed E-state index contributed by atoms with van der Waals surface area (Å²) in [6, 6.07) is 8.06. The third kappa shape index (κ3) is 2.01. The molecule has 0 radical (unpaired) electrons. The first kappa shape index (κ1) is 9.77. The third-order valence-electron chi connectivity index (χ3n) is 2.56. The van der Waals surface area contributed by atoms with E-state index < -0.39 is 0 Å². The predicted octanol–water partition coefficient (Wildman–Crippen LogP) is 1.63. The molecule has 0 saturated carbocycles. The fourth-order valence-corrected chi connectivity index (χ4v) is 1.76. The topological polar surface area (TPSA) is 32.3 Å². The molecule has 1 aromatic carbocycles. The van der Waals surface area contributed by atoms with Gasteiger partial charge in [0.2, 0.25) is 5.91 Å². The van der Waals surface area contributed by atoms with E-state index in [1.54, 1.807) is 4.90 Å². The van der Waals surface area contributed by atoms with Crippen molar-refractivity contribution in [3.63, 3.8) is 0 Å². The highest BCUT2D eigenvalue weighted by atomic mass is 16.2. The average molecular weight is 202 g/mol. The maximum atomic E-state index is 11.5. The van der Waals surface area contributed by atoms with Crippen LogP contribution in [0.15, 0.2) is 36.9 Å². The average Bonchev–Trinajstić information content (AvgIpc) is 2.49. The Morgan fingerprint density at radius 3 is 3.07 bits per heavy atom. The van der Waals surface area contributed by atoms with Crippen LogP contribution in [-0.4, -0.2) is 23.9 Å². The number of carbonyl (C=O) groups excluding carboxylic acids is 1. The minimum atomic E-state index is -0.00602. The van der Waals surface area contributed by atoms with Crippen molar-refractivity contribution < 1.29 is 4.79 Å². The molecule has 0 aromatic heterocycles. The van der Waals surface area contributed by atoms with Gasteiger partial charge in [-0.25, -0.2) is 0 Å². The van der Waals surface area contributed by atoms with E-state index in [0.29, 0.717) is 6.54 Å². The Morgan fingerprint density at radius 2 is 2.27 bits per heavy atom. The van der Waals surface area contributed by atoms with Crippen molar-refractivity contribution in [3.05, 3.63) is 42.5 Å². The highest BCUT2D eigenvalue weighted by molar-refractivity contribution is 5.87. The number of hydrogen-bond acceptors (Lipinski definition) is 2. The first-order chi connectivity index (χ1) is 7.31. The van der Waals surface area contributed by atoms with E-state index >= 15 is 0 Å². The highest BCUT2D eigenvalue weighted by Crippen LogP contribution is 2.19. The van der Waals surface area contributed by atoms with Gasteiger partial charge in [0.1, 0.15) is 0 Å². The zero-order valence-corrected chi connectivity index (χ0v) is 8.57. The quantitative estimate of drug-likeness (QED) is 0.702. The van der Waals surface area contributed by atoms with E-state index in [2.05, 4.69) is 11.9 Å². The number of amides is 1. The van der Waals surface area contributed by atoms with Crippen molar-refractivity contribution in [3.8, 4) is 0 Å². The molecule has 3 heteroatoms. The first-order valence-corrected chi connectivity index (χ1v) is 5.04. The van der Waals surface area contributed by atoms with Crippen molar-refractivity contribution in [2.24, 2.45) is 0 Å². The number of para-hydroxylation sites is 1. The second kappa shape index (κ2) is 4.17. The number of nitrogens with one attached hydrogen (secondary N) is 1. The van der Waals surface area contributed by atoms with Crippen LogP contribution in [0.4, 0.5) is 5.69 Å². The van der Waals surface area contributed by atoms with Gasteiger partial charge in [0.05, 0.1) is 0 Å². The zero-order valence-electron chi connectivity index (χ0n) is 8.57. The van der Waals surface area contributed by atoms with E-state index in [1.165, 1.54) is 6.08 Å². The molecule has 1 aliphatic heterocycles. The third-order valence-corrected chi connectivity index (χ3v) is 2.56. The normalized spacial score (nSPS) is 14.8. The van der Waals surface area contributed by atoms with Crippen LogP contribution < -0.4 is 5.32 Å². The largest absolute Gasteiger partial charge is 0.383 e. The molecule has 0 spiro atoms. The van der Waals surface area contributed by atoms with E-state index in [4.69, 9.17) is 0 Å². The maximum absolute atomic E-state index is 11.5. The minimum absolute atomic E-state index is 0.00602. The van der Waals surface area contributed by atoms with Crippen LogP contribution in [0, 0.1) is 0 Å². The summed E-state index contributed by atoms with van der Waals surface area (Å²) < 4.78 is 0. The summed E-state index contributed by atoms with van der Waals surface area (Å²) >= 11 is 0. The van der Waals surface area contributed by atoms with Crippen molar-refractivity contribution in [2.75, 3.05) is 18.4 Å². The summed E-state index contributed by atoms with van der Waals surface area (Å²) in [6.07, 6.45) is 1.37. The van der Waals surface area contributed by atoms with E-state index in [1.807, 2.05) is 24.3 Å². The number of carbonyl (C=O) groups is 1. The van der Waals surface area contributed by atoms with Gasteiger partial charge in [0.25, 0.3) is 0 Å². The monoisotopic (exact) mass is 202 g/mol. The van der Waals surface area contributed by atoms with Crippen LogP contribution in [0.1, 0.15) is 5.56 Å². The number of rotatable bonds is 1. The highest BCUT2D eigenvalue weighted by Gasteiger charge is 2.15. The van der Waals surface area contributed by atoms with Gasteiger partial charge in [0, 0.05) is 25.3 Å². The van der Waals surface area contributed by atoms with E-state index in [-0.39, 0.29) is 5.91 Å². The van der Waals surface area contributed by atoms with Gasteiger partial charge in [-0.3, -0.25) is 4.79 Å². The summed E-state index contributed by atoms with van der Waals surface area (Å²) in [5.41, 5.74) is 2.28. The molecule has 0 unspecified atom stereocenters. The molecule has 15 heavy (non-hydrogen) atoms. The molecule has 2 rings (SSSR count). The Morgan fingerprint density at radius 1 is 1.47 bits per heavy atom. The van der Waals surface area contributed by atoms with Crippen molar-refractivity contribution in [2.45, 2.75) is 6.54 Å². The lowest BCUT2D eigenvalue weighted by Gasteiger charge is -2.17. The molecule has 1 aromatic rings. The molecule has 1 N–H and O–H groups in total. The number of nitrogens with zero attached hydrogens (tertiary/aromatic N) is 1. The SMILES string of the molecule is C=CC(=O)N1CCNc2ccccc2C1.